The Morgan fingerprint density at radius 3 is 2.74 bits per heavy atom. The molecule has 4 rings (SSSR count). The highest BCUT2D eigenvalue weighted by atomic mass is 16.5. The number of hydrogen-bond donors (Lipinski definition) is 3. The minimum Gasteiger partial charge on any atom is -0.493 e. The summed E-state index contributed by atoms with van der Waals surface area (Å²) < 4.78 is 7.85. The SMILES string of the molecule is Cc1noc(C)c1Cn1cc(-n2c(O)c(CC(=O)NCc3ccccc3)[nH]c2=O)cn1. The van der Waals surface area contributed by atoms with Crippen LogP contribution in [-0.2, 0) is 24.3 Å². The topological polar surface area (TPSA) is 131 Å². The van der Waals surface area contributed by atoms with Gasteiger partial charge >= 0.3 is 5.69 Å². The van der Waals surface area contributed by atoms with E-state index in [1.165, 1.54) is 6.20 Å². The van der Waals surface area contributed by atoms with Crippen LogP contribution in [0.5, 0.6) is 5.88 Å². The summed E-state index contributed by atoms with van der Waals surface area (Å²) in [6, 6.07) is 9.47. The average molecular weight is 422 g/mol. The van der Waals surface area contributed by atoms with Crippen molar-refractivity contribution in [3.8, 4) is 11.6 Å². The van der Waals surface area contributed by atoms with Crippen LogP contribution in [0.3, 0.4) is 0 Å². The maximum atomic E-state index is 12.4. The molecule has 3 aromatic heterocycles. The third-order valence-electron chi connectivity index (χ3n) is 4.99. The zero-order chi connectivity index (χ0) is 22.0. The molecule has 31 heavy (non-hydrogen) atoms. The van der Waals surface area contributed by atoms with E-state index in [9.17, 15) is 14.7 Å². The van der Waals surface area contributed by atoms with Crippen molar-refractivity contribution < 1.29 is 14.4 Å². The Labute approximate surface area is 177 Å². The molecule has 0 bridgehead atoms. The number of nitrogens with one attached hydrogen (secondary N) is 2. The zero-order valence-corrected chi connectivity index (χ0v) is 17.1. The van der Waals surface area contributed by atoms with Crippen LogP contribution in [0, 0.1) is 13.8 Å². The fourth-order valence-corrected chi connectivity index (χ4v) is 3.30. The van der Waals surface area contributed by atoms with Crippen LogP contribution in [-0.4, -0.2) is 35.5 Å². The normalized spacial score (nSPS) is 11.0. The number of aryl methyl sites for hydroxylation is 2. The van der Waals surface area contributed by atoms with Gasteiger partial charge in [0, 0.05) is 18.3 Å². The van der Waals surface area contributed by atoms with Crippen LogP contribution in [0.2, 0.25) is 0 Å². The van der Waals surface area contributed by atoms with Crippen LogP contribution in [0.15, 0.2) is 52.0 Å². The minimum atomic E-state index is -0.555. The van der Waals surface area contributed by atoms with Crippen LogP contribution in [0.25, 0.3) is 5.69 Å². The number of imidazole rings is 1. The highest BCUT2D eigenvalue weighted by Crippen LogP contribution is 2.19. The van der Waals surface area contributed by atoms with E-state index in [-0.39, 0.29) is 23.9 Å². The first-order chi connectivity index (χ1) is 14.9. The lowest BCUT2D eigenvalue weighted by atomic mass is 10.2. The molecule has 0 saturated carbocycles. The van der Waals surface area contributed by atoms with Gasteiger partial charge in [-0.15, -0.1) is 0 Å². The van der Waals surface area contributed by atoms with E-state index in [1.807, 2.05) is 44.2 Å². The Morgan fingerprint density at radius 1 is 1.26 bits per heavy atom. The number of benzene rings is 1. The van der Waals surface area contributed by atoms with Gasteiger partial charge in [0.15, 0.2) is 0 Å². The summed E-state index contributed by atoms with van der Waals surface area (Å²) in [5.41, 5.74) is 2.57. The Kier molecular flexibility index (Phi) is 5.44. The highest BCUT2D eigenvalue weighted by Gasteiger charge is 2.19. The van der Waals surface area contributed by atoms with E-state index in [0.717, 1.165) is 21.4 Å². The summed E-state index contributed by atoms with van der Waals surface area (Å²) in [5.74, 6) is 0.0541. The fraction of sp³-hybridized carbons (Fsp3) is 0.238. The number of rotatable bonds is 7. The number of hydrogen-bond acceptors (Lipinski definition) is 6. The fourth-order valence-electron chi connectivity index (χ4n) is 3.30. The van der Waals surface area contributed by atoms with E-state index >= 15 is 0 Å². The van der Waals surface area contributed by atoms with Gasteiger partial charge in [-0.05, 0) is 19.4 Å². The third-order valence-corrected chi connectivity index (χ3v) is 4.99. The van der Waals surface area contributed by atoms with Crippen LogP contribution < -0.4 is 11.0 Å². The van der Waals surface area contributed by atoms with Crippen molar-refractivity contribution >= 4 is 5.91 Å². The number of aromatic amines is 1. The van der Waals surface area contributed by atoms with E-state index in [4.69, 9.17) is 4.52 Å². The van der Waals surface area contributed by atoms with Crippen molar-refractivity contribution in [3.63, 3.8) is 0 Å². The second kappa shape index (κ2) is 8.34. The maximum absolute atomic E-state index is 12.4. The monoisotopic (exact) mass is 422 g/mol. The van der Waals surface area contributed by atoms with Crippen LogP contribution in [0.1, 0.15) is 28.3 Å². The molecule has 4 aromatic rings. The van der Waals surface area contributed by atoms with Gasteiger partial charge in [-0.2, -0.15) is 5.10 Å². The third kappa shape index (κ3) is 4.27. The van der Waals surface area contributed by atoms with Gasteiger partial charge in [0.05, 0.1) is 36.2 Å². The Bertz CT molecular complexity index is 1250. The molecule has 0 spiro atoms. The van der Waals surface area contributed by atoms with E-state index in [2.05, 4.69) is 20.6 Å². The first-order valence-corrected chi connectivity index (χ1v) is 9.70. The zero-order valence-electron chi connectivity index (χ0n) is 17.1. The number of aromatic nitrogens is 5. The molecular formula is C21H22N6O4. The second-order valence-corrected chi connectivity index (χ2v) is 7.21. The van der Waals surface area contributed by atoms with Gasteiger partial charge in [0.2, 0.25) is 11.8 Å². The highest BCUT2D eigenvalue weighted by molar-refractivity contribution is 5.78. The van der Waals surface area contributed by atoms with E-state index in [0.29, 0.717) is 24.5 Å². The molecule has 0 radical (unpaired) electrons. The predicted molar refractivity (Wildman–Crippen MR) is 111 cm³/mol. The minimum absolute atomic E-state index is 0.133. The molecule has 3 N–H and O–H groups in total. The molecule has 0 aliphatic rings. The van der Waals surface area contributed by atoms with Gasteiger partial charge in [0.1, 0.15) is 5.76 Å². The van der Waals surface area contributed by atoms with Gasteiger partial charge in [-0.25, -0.2) is 9.36 Å². The number of carbonyl (C=O) groups is 1. The Hall–Kier alpha value is -4.08. The largest absolute Gasteiger partial charge is 0.493 e. The van der Waals surface area contributed by atoms with Gasteiger partial charge < -0.3 is 19.9 Å². The summed E-state index contributed by atoms with van der Waals surface area (Å²) in [5, 5.41) is 21.5. The molecule has 0 fully saturated rings. The first-order valence-electron chi connectivity index (χ1n) is 9.70. The lowest BCUT2D eigenvalue weighted by Crippen LogP contribution is -2.24. The van der Waals surface area contributed by atoms with Gasteiger partial charge in [-0.3, -0.25) is 9.48 Å². The lowest BCUT2D eigenvalue weighted by Gasteiger charge is -2.05. The molecule has 0 unspecified atom stereocenters. The van der Waals surface area contributed by atoms with Crippen molar-refractivity contribution in [2.45, 2.75) is 33.4 Å². The number of nitrogens with zero attached hydrogens (tertiary/aromatic N) is 4. The van der Waals surface area contributed by atoms with Crippen molar-refractivity contribution in [2.75, 3.05) is 0 Å². The van der Waals surface area contributed by atoms with Crippen molar-refractivity contribution in [3.05, 3.63) is 81.5 Å². The van der Waals surface area contributed by atoms with Gasteiger partial charge in [-0.1, -0.05) is 35.5 Å². The molecule has 0 aliphatic carbocycles. The number of amides is 1. The summed E-state index contributed by atoms with van der Waals surface area (Å²) in [4.78, 5) is 27.2. The van der Waals surface area contributed by atoms with E-state index in [1.54, 1.807) is 10.9 Å². The number of H-pyrrole nitrogens is 1. The van der Waals surface area contributed by atoms with Crippen LogP contribution >= 0.6 is 0 Å². The Balaban J connectivity index is 1.47. The molecule has 0 saturated heterocycles. The summed E-state index contributed by atoms with van der Waals surface area (Å²) in [6.07, 6.45) is 2.93. The Morgan fingerprint density at radius 2 is 2.03 bits per heavy atom. The number of aromatic hydroxyl groups is 1. The summed E-state index contributed by atoms with van der Waals surface area (Å²) >= 11 is 0. The molecule has 10 nitrogen and oxygen atoms in total. The summed E-state index contributed by atoms with van der Waals surface area (Å²) in [6.45, 7) is 4.43. The standard InChI is InChI=1S/C21H22N6O4/c1-13-17(14(2)31-25-13)12-26-11-16(10-23-26)27-20(29)18(24-21(27)30)8-19(28)22-9-15-6-4-3-5-7-15/h3-7,10-11,29H,8-9,12H2,1-2H3,(H,22,28)(H,24,30). The molecule has 10 heteroatoms. The number of carbonyl (C=O) groups excluding carboxylic acids is 1. The molecule has 160 valence electrons. The van der Waals surface area contributed by atoms with Gasteiger partial charge in [0.25, 0.3) is 0 Å². The predicted octanol–water partition coefficient (Wildman–Crippen LogP) is 1.58. The van der Waals surface area contributed by atoms with Crippen molar-refractivity contribution in [1.29, 1.82) is 0 Å². The second-order valence-electron chi connectivity index (χ2n) is 7.21. The van der Waals surface area contributed by atoms with Crippen molar-refractivity contribution in [2.24, 2.45) is 0 Å². The molecular weight excluding hydrogens is 400 g/mol. The summed E-state index contributed by atoms with van der Waals surface area (Å²) in [7, 11) is 0. The van der Waals surface area contributed by atoms with E-state index < -0.39 is 5.69 Å². The van der Waals surface area contributed by atoms with Crippen molar-refractivity contribution in [1.82, 2.24) is 29.8 Å². The molecule has 1 amide bonds. The quantitative estimate of drug-likeness (QED) is 0.414. The smallest absolute Gasteiger partial charge is 0.333 e. The molecule has 1 aromatic carbocycles. The molecule has 0 atom stereocenters. The van der Waals surface area contributed by atoms with Crippen LogP contribution in [0.4, 0.5) is 0 Å². The first kappa shape index (κ1) is 20.2. The average Bonchev–Trinajstić information content (AvgIpc) is 3.42. The molecule has 3 heterocycles. The molecule has 0 aliphatic heterocycles. The lowest BCUT2D eigenvalue weighted by molar-refractivity contribution is -0.120. The maximum Gasteiger partial charge on any atom is 0.333 e.